The van der Waals surface area contributed by atoms with E-state index in [1.54, 1.807) is 7.05 Å². The number of benzene rings is 1. The van der Waals surface area contributed by atoms with Gasteiger partial charge >= 0.3 is 0 Å². The number of aryl methyl sites for hydroxylation is 2. The van der Waals surface area contributed by atoms with Gasteiger partial charge in [0.2, 0.25) is 0 Å². The Bertz CT molecular complexity index is 823. The molecule has 0 bridgehead atoms. The van der Waals surface area contributed by atoms with Crippen LogP contribution in [-0.2, 0) is 20.0 Å². The molecule has 1 unspecified atom stereocenters. The van der Waals surface area contributed by atoms with Crippen LogP contribution in [0, 0.1) is 13.8 Å². The molecule has 0 saturated carbocycles. The van der Waals surface area contributed by atoms with Crippen molar-refractivity contribution in [2.75, 3.05) is 7.05 Å². The monoisotopic (exact) mass is 513 g/mol. The number of nitrogens with zero attached hydrogens (tertiary/aromatic N) is 3. The van der Waals surface area contributed by atoms with Crippen molar-refractivity contribution in [3.05, 3.63) is 46.8 Å². The lowest BCUT2D eigenvalue weighted by atomic mass is 10.1. The molecule has 0 aliphatic rings. The Morgan fingerprint density at radius 1 is 1.24 bits per heavy atom. The molecule has 1 heterocycles. The van der Waals surface area contributed by atoms with Crippen molar-refractivity contribution in [3.63, 3.8) is 0 Å². The minimum Gasteiger partial charge on any atom is -0.488 e. The Hall–Kier alpha value is -1.77. The van der Waals surface area contributed by atoms with Crippen LogP contribution in [0.2, 0.25) is 0 Å². The zero-order valence-corrected chi connectivity index (χ0v) is 21.3. The van der Waals surface area contributed by atoms with Gasteiger partial charge in [-0.15, -0.1) is 24.0 Å². The summed E-state index contributed by atoms with van der Waals surface area (Å²) in [4.78, 5) is 4.37. The maximum absolute atomic E-state index is 6.08. The summed E-state index contributed by atoms with van der Waals surface area (Å²) in [5, 5.41) is 11.4. The molecule has 2 aromatic rings. The molecule has 0 spiro atoms. The fraction of sp³-hybridized carbons (Fsp3) is 0.545. The summed E-state index contributed by atoms with van der Waals surface area (Å²) in [6.07, 6.45) is 0.899. The number of guanidine groups is 1. The van der Waals surface area contributed by atoms with E-state index in [0.29, 0.717) is 6.54 Å². The van der Waals surface area contributed by atoms with Crippen molar-refractivity contribution in [3.8, 4) is 5.75 Å². The fourth-order valence-corrected chi connectivity index (χ4v) is 3.16. The first-order valence-corrected chi connectivity index (χ1v) is 9.84. The molecule has 6 nitrogen and oxygen atoms in total. The van der Waals surface area contributed by atoms with Crippen LogP contribution in [0.1, 0.15) is 50.2 Å². The molecule has 2 rings (SSSR count). The third-order valence-electron chi connectivity index (χ3n) is 4.61. The lowest BCUT2D eigenvalue weighted by Gasteiger charge is -2.24. The SMILES string of the molecule is CN=C(NCc1ccccc1OC(C)(C)C)NC(C)Cc1c(C)nn(C)c1C.I. The number of aromatic nitrogens is 2. The Kier molecular flexibility index (Phi) is 9.45. The van der Waals surface area contributed by atoms with Gasteiger partial charge in [0.25, 0.3) is 0 Å². The van der Waals surface area contributed by atoms with Crippen molar-refractivity contribution in [1.29, 1.82) is 0 Å². The fourth-order valence-electron chi connectivity index (χ4n) is 3.16. The summed E-state index contributed by atoms with van der Waals surface area (Å²) in [6, 6.07) is 8.34. The minimum atomic E-state index is -0.232. The zero-order chi connectivity index (χ0) is 20.9. The van der Waals surface area contributed by atoms with Crippen LogP contribution >= 0.6 is 24.0 Å². The summed E-state index contributed by atoms with van der Waals surface area (Å²) in [5.41, 5.74) is 4.46. The molecule has 0 saturated heterocycles. The van der Waals surface area contributed by atoms with Gasteiger partial charge in [-0.3, -0.25) is 9.67 Å². The minimum absolute atomic E-state index is 0. The molecule has 7 heteroatoms. The topological polar surface area (TPSA) is 63.5 Å². The Labute approximate surface area is 192 Å². The van der Waals surface area contributed by atoms with Gasteiger partial charge in [0.05, 0.1) is 5.69 Å². The molecule has 1 atom stereocenters. The van der Waals surface area contributed by atoms with Crippen LogP contribution in [-0.4, -0.2) is 34.4 Å². The molecule has 1 aromatic carbocycles. The van der Waals surface area contributed by atoms with E-state index in [2.05, 4.69) is 68.3 Å². The molecule has 2 N–H and O–H groups in total. The Morgan fingerprint density at radius 3 is 2.45 bits per heavy atom. The molecule has 0 radical (unpaired) electrons. The summed E-state index contributed by atoms with van der Waals surface area (Å²) in [5.74, 6) is 1.67. The smallest absolute Gasteiger partial charge is 0.191 e. The molecule has 0 fully saturated rings. The van der Waals surface area contributed by atoms with Crippen LogP contribution in [0.4, 0.5) is 0 Å². The second-order valence-corrected chi connectivity index (χ2v) is 8.27. The van der Waals surface area contributed by atoms with E-state index < -0.39 is 0 Å². The highest BCUT2D eigenvalue weighted by molar-refractivity contribution is 14.0. The highest BCUT2D eigenvalue weighted by Gasteiger charge is 2.16. The van der Waals surface area contributed by atoms with Crippen LogP contribution < -0.4 is 15.4 Å². The van der Waals surface area contributed by atoms with Crippen molar-refractivity contribution in [2.45, 2.75) is 66.2 Å². The predicted molar refractivity (Wildman–Crippen MR) is 131 cm³/mol. The van der Waals surface area contributed by atoms with Crippen molar-refractivity contribution in [1.82, 2.24) is 20.4 Å². The van der Waals surface area contributed by atoms with Crippen LogP contribution in [0.3, 0.4) is 0 Å². The molecule has 162 valence electrons. The summed E-state index contributed by atoms with van der Waals surface area (Å²) >= 11 is 0. The van der Waals surface area contributed by atoms with E-state index in [1.165, 1.54) is 11.3 Å². The first-order chi connectivity index (χ1) is 13.1. The number of hydrogen-bond donors (Lipinski definition) is 2. The number of halogens is 1. The number of hydrogen-bond acceptors (Lipinski definition) is 3. The Morgan fingerprint density at radius 2 is 1.90 bits per heavy atom. The standard InChI is InChI=1S/C22H35N5O.HI/c1-15(13-19-16(2)26-27(8)17(19)3)25-21(23-7)24-14-18-11-9-10-12-20(18)28-22(4,5)6;/h9-12,15H,13-14H2,1-8H3,(H2,23,24,25);1H. The molecular formula is C22H36IN5O. The Balaban J connectivity index is 0.00000420. The summed E-state index contributed by atoms with van der Waals surface area (Å²) in [6.45, 7) is 13.2. The average Bonchev–Trinajstić information content (AvgIpc) is 2.84. The molecule has 0 amide bonds. The summed E-state index contributed by atoms with van der Waals surface area (Å²) < 4.78 is 8.02. The number of nitrogens with one attached hydrogen (secondary N) is 2. The second-order valence-electron chi connectivity index (χ2n) is 8.27. The van der Waals surface area contributed by atoms with Crippen LogP contribution in [0.25, 0.3) is 0 Å². The first kappa shape index (κ1) is 25.3. The van der Waals surface area contributed by atoms with Crippen molar-refractivity contribution < 1.29 is 4.74 Å². The van der Waals surface area contributed by atoms with Gasteiger partial charge in [0.15, 0.2) is 5.96 Å². The van der Waals surface area contributed by atoms with E-state index in [0.717, 1.165) is 29.4 Å². The number of para-hydroxylation sites is 1. The van der Waals surface area contributed by atoms with Gasteiger partial charge in [0.1, 0.15) is 11.4 Å². The maximum atomic E-state index is 6.08. The molecular weight excluding hydrogens is 477 g/mol. The highest BCUT2D eigenvalue weighted by Crippen LogP contribution is 2.22. The number of aliphatic imine (C=N–C) groups is 1. The van der Waals surface area contributed by atoms with Gasteiger partial charge in [0, 0.05) is 37.9 Å². The van der Waals surface area contributed by atoms with E-state index >= 15 is 0 Å². The van der Waals surface area contributed by atoms with Crippen molar-refractivity contribution >= 4 is 29.9 Å². The maximum Gasteiger partial charge on any atom is 0.191 e. The van der Waals surface area contributed by atoms with Crippen molar-refractivity contribution in [2.24, 2.45) is 12.0 Å². The highest BCUT2D eigenvalue weighted by atomic mass is 127. The van der Waals surface area contributed by atoms with Crippen LogP contribution in [0.15, 0.2) is 29.3 Å². The third kappa shape index (κ3) is 7.53. The third-order valence-corrected chi connectivity index (χ3v) is 4.61. The molecule has 0 aliphatic carbocycles. The second kappa shape index (κ2) is 10.8. The normalized spacial score (nSPS) is 12.9. The number of ether oxygens (including phenoxy) is 1. The largest absolute Gasteiger partial charge is 0.488 e. The van der Waals surface area contributed by atoms with E-state index in [1.807, 2.05) is 29.9 Å². The van der Waals surface area contributed by atoms with Gasteiger partial charge in [-0.1, -0.05) is 18.2 Å². The lowest BCUT2D eigenvalue weighted by molar-refractivity contribution is 0.129. The van der Waals surface area contributed by atoms with Gasteiger partial charge in [-0.25, -0.2) is 0 Å². The lowest BCUT2D eigenvalue weighted by Crippen LogP contribution is -2.42. The first-order valence-electron chi connectivity index (χ1n) is 9.84. The van der Waals surface area contributed by atoms with Crippen LogP contribution in [0.5, 0.6) is 5.75 Å². The quantitative estimate of drug-likeness (QED) is 0.347. The average molecular weight is 513 g/mol. The molecule has 1 aromatic heterocycles. The van der Waals surface area contributed by atoms with E-state index in [9.17, 15) is 0 Å². The zero-order valence-electron chi connectivity index (χ0n) is 19.0. The van der Waals surface area contributed by atoms with Gasteiger partial charge < -0.3 is 15.4 Å². The predicted octanol–water partition coefficient (Wildman–Crippen LogP) is 4.13. The molecule has 29 heavy (non-hydrogen) atoms. The number of rotatable bonds is 6. The molecule has 0 aliphatic heterocycles. The van der Waals surface area contributed by atoms with E-state index in [-0.39, 0.29) is 35.6 Å². The van der Waals surface area contributed by atoms with E-state index in [4.69, 9.17) is 4.74 Å². The van der Waals surface area contributed by atoms with Gasteiger partial charge in [-0.2, -0.15) is 5.10 Å². The summed E-state index contributed by atoms with van der Waals surface area (Å²) in [7, 11) is 3.78. The van der Waals surface area contributed by atoms with Gasteiger partial charge in [-0.05, 0) is 59.6 Å².